The highest BCUT2D eigenvalue weighted by Crippen LogP contribution is 2.30. The number of nitrogens with zero attached hydrogens (tertiary/aromatic N) is 3. The number of benzene rings is 1. The van der Waals surface area contributed by atoms with Crippen molar-refractivity contribution in [3.8, 4) is 28.6 Å². The Labute approximate surface area is 186 Å². The minimum Gasteiger partial charge on any atom is -0.490 e. The second kappa shape index (κ2) is 10.3. The molecule has 3 rings (SSSR count). The van der Waals surface area contributed by atoms with Gasteiger partial charge in [0.1, 0.15) is 25.1 Å². The van der Waals surface area contributed by atoms with Gasteiger partial charge in [-0.1, -0.05) is 12.1 Å². The van der Waals surface area contributed by atoms with Gasteiger partial charge in [-0.05, 0) is 62.6 Å². The third-order valence-electron chi connectivity index (χ3n) is 4.86. The predicted octanol–water partition coefficient (Wildman–Crippen LogP) is 2.13. The van der Waals surface area contributed by atoms with Crippen LogP contribution in [-0.2, 0) is 11.2 Å². The zero-order valence-electron chi connectivity index (χ0n) is 18.7. The second-order valence-corrected chi connectivity index (χ2v) is 7.63. The van der Waals surface area contributed by atoms with Crippen LogP contribution >= 0.6 is 0 Å². The minimum atomic E-state index is -0.902. The van der Waals surface area contributed by atoms with E-state index in [-0.39, 0.29) is 13.2 Å². The van der Waals surface area contributed by atoms with E-state index in [0.29, 0.717) is 17.5 Å². The molecular formula is C23H28N4O5. The van der Waals surface area contributed by atoms with Crippen LogP contribution in [0.1, 0.15) is 29.4 Å². The van der Waals surface area contributed by atoms with Crippen molar-refractivity contribution in [1.82, 2.24) is 20.4 Å². The van der Waals surface area contributed by atoms with Gasteiger partial charge in [0.25, 0.3) is 5.89 Å². The van der Waals surface area contributed by atoms with Gasteiger partial charge < -0.3 is 24.8 Å². The van der Waals surface area contributed by atoms with Crippen molar-refractivity contribution in [1.29, 1.82) is 0 Å². The van der Waals surface area contributed by atoms with Gasteiger partial charge in [0, 0.05) is 29.1 Å². The number of aliphatic hydroxyl groups is 2. The molecule has 0 spiro atoms. The Morgan fingerprint density at radius 1 is 1.12 bits per heavy atom. The van der Waals surface area contributed by atoms with Crippen LogP contribution in [0.15, 0.2) is 28.8 Å². The highest BCUT2D eigenvalue weighted by atomic mass is 16.5. The number of carbonyl (C=O) groups is 1. The first-order valence-corrected chi connectivity index (χ1v) is 10.4. The number of rotatable bonds is 9. The van der Waals surface area contributed by atoms with Crippen LogP contribution in [0, 0.1) is 20.8 Å². The lowest BCUT2D eigenvalue weighted by Crippen LogP contribution is -2.36. The highest BCUT2D eigenvalue weighted by molar-refractivity contribution is 5.76. The summed E-state index contributed by atoms with van der Waals surface area (Å²) >= 11 is 0. The summed E-state index contributed by atoms with van der Waals surface area (Å²) in [6.07, 6.45) is -0.0848. The average Bonchev–Trinajstić information content (AvgIpc) is 3.26. The molecule has 0 bridgehead atoms. The number of amides is 1. The first-order valence-electron chi connectivity index (χ1n) is 10.4. The van der Waals surface area contributed by atoms with E-state index >= 15 is 0 Å². The molecular weight excluding hydrogens is 412 g/mol. The van der Waals surface area contributed by atoms with Gasteiger partial charge in [0.15, 0.2) is 0 Å². The van der Waals surface area contributed by atoms with Gasteiger partial charge in [-0.15, -0.1) is 0 Å². The van der Waals surface area contributed by atoms with Crippen LogP contribution in [0.5, 0.6) is 5.75 Å². The smallest absolute Gasteiger partial charge is 0.258 e. The number of nitrogens with one attached hydrogen (secondary N) is 1. The Morgan fingerprint density at radius 2 is 1.84 bits per heavy atom. The van der Waals surface area contributed by atoms with Crippen LogP contribution in [0.25, 0.3) is 22.8 Å². The molecule has 170 valence electrons. The lowest BCUT2D eigenvalue weighted by atomic mass is 10.1. The van der Waals surface area contributed by atoms with Crippen LogP contribution in [0.3, 0.4) is 0 Å². The Balaban J connectivity index is 1.74. The molecule has 3 N–H and O–H groups in total. The normalized spacial score (nSPS) is 11.9. The molecule has 0 fully saturated rings. The van der Waals surface area contributed by atoms with Crippen LogP contribution in [-0.4, -0.2) is 57.1 Å². The van der Waals surface area contributed by atoms with Crippen LogP contribution < -0.4 is 10.1 Å². The van der Waals surface area contributed by atoms with Gasteiger partial charge in [-0.25, -0.2) is 0 Å². The molecule has 1 amide bonds. The number of carbonyl (C=O) groups excluding carboxylic acids is 1. The number of hydrogen-bond acceptors (Lipinski definition) is 8. The maximum atomic E-state index is 11.1. The topological polar surface area (TPSA) is 131 Å². The molecule has 1 aromatic carbocycles. The molecule has 0 radical (unpaired) electrons. The molecule has 2 heterocycles. The number of hydrogen-bond donors (Lipinski definition) is 3. The first-order chi connectivity index (χ1) is 15.3. The maximum Gasteiger partial charge on any atom is 0.258 e. The molecule has 3 aromatic rings. The summed E-state index contributed by atoms with van der Waals surface area (Å²) < 4.78 is 11.3. The van der Waals surface area contributed by atoms with Gasteiger partial charge in [0.05, 0.1) is 0 Å². The summed E-state index contributed by atoms with van der Waals surface area (Å²) in [5, 5.41) is 25.2. The fourth-order valence-electron chi connectivity index (χ4n) is 3.33. The van der Waals surface area contributed by atoms with Crippen molar-refractivity contribution >= 4 is 5.91 Å². The van der Waals surface area contributed by atoms with Crippen LogP contribution in [0.4, 0.5) is 0 Å². The Kier molecular flexibility index (Phi) is 7.55. The standard InChI is InChI=1S/C23H28N4O5/c1-5-18-9-17(8-15(4)25-18)23-26-22(27-32-23)16-6-13(2)21(14(3)7-16)31-12-19(29)10-24-20(30)11-28/h6-9,19,28-29H,5,10-12H2,1-4H3,(H,24,30). The molecule has 32 heavy (non-hydrogen) atoms. The third-order valence-corrected chi connectivity index (χ3v) is 4.86. The monoisotopic (exact) mass is 440 g/mol. The van der Waals surface area contributed by atoms with Crippen molar-refractivity contribution in [2.75, 3.05) is 19.8 Å². The first kappa shape index (κ1) is 23.4. The number of ether oxygens (including phenoxy) is 1. The number of aryl methyl sites for hydroxylation is 4. The van der Waals surface area contributed by atoms with Gasteiger partial charge >= 0.3 is 0 Å². The number of pyridine rings is 1. The van der Waals surface area contributed by atoms with Crippen molar-refractivity contribution < 1.29 is 24.3 Å². The van der Waals surface area contributed by atoms with Crippen molar-refractivity contribution in [3.05, 3.63) is 46.8 Å². The fourth-order valence-corrected chi connectivity index (χ4v) is 3.33. The summed E-state index contributed by atoms with van der Waals surface area (Å²) in [5.41, 5.74) is 5.19. The predicted molar refractivity (Wildman–Crippen MR) is 118 cm³/mol. The van der Waals surface area contributed by atoms with E-state index in [1.54, 1.807) is 0 Å². The quantitative estimate of drug-likeness (QED) is 0.461. The Morgan fingerprint density at radius 3 is 2.50 bits per heavy atom. The highest BCUT2D eigenvalue weighted by Gasteiger charge is 2.16. The van der Waals surface area contributed by atoms with E-state index in [1.807, 2.05) is 52.0 Å². The van der Waals surface area contributed by atoms with E-state index in [0.717, 1.165) is 40.1 Å². The third kappa shape index (κ3) is 5.68. The summed E-state index contributed by atoms with van der Waals surface area (Å²) in [6, 6.07) is 7.66. The van der Waals surface area contributed by atoms with Gasteiger partial charge in [-0.3, -0.25) is 9.78 Å². The lowest BCUT2D eigenvalue weighted by molar-refractivity contribution is -0.124. The zero-order valence-corrected chi connectivity index (χ0v) is 18.7. The largest absolute Gasteiger partial charge is 0.490 e. The molecule has 0 aliphatic carbocycles. The molecule has 0 saturated carbocycles. The minimum absolute atomic E-state index is 0.000247. The number of aromatic nitrogens is 3. The molecule has 0 aliphatic heterocycles. The van der Waals surface area contributed by atoms with Gasteiger partial charge in [-0.2, -0.15) is 4.98 Å². The van der Waals surface area contributed by atoms with E-state index in [1.165, 1.54) is 0 Å². The summed E-state index contributed by atoms with van der Waals surface area (Å²) in [7, 11) is 0. The zero-order chi connectivity index (χ0) is 23.3. The molecule has 2 aromatic heterocycles. The summed E-state index contributed by atoms with van der Waals surface area (Å²) in [6.45, 7) is 7.15. The van der Waals surface area contributed by atoms with E-state index < -0.39 is 18.6 Å². The number of aliphatic hydroxyl groups excluding tert-OH is 2. The molecule has 1 atom stereocenters. The molecule has 9 nitrogen and oxygen atoms in total. The van der Waals surface area contributed by atoms with Gasteiger partial charge in [0.2, 0.25) is 11.7 Å². The van der Waals surface area contributed by atoms with E-state index in [9.17, 15) is 9.90 Å². The average molecular weight is 441 g/mol. The molecule has 0 aliphatic rings. The summed E-state index contributed by atoms with van der Waals surface area (Å²) in [4.78, 5) is 20.1. The Hall–Kier alpha value is -3.30. The molecule has 9 heteroatoms. The second-order valence-electron chi connectivity index (χ2n) is 7.63. The maximum absolute atomic E-state index is 11.1. The van der Waals surface area contributed by atoms with E-state index in [4.69, 9.17) is 14.4 Å². The van der Waals surface area contributed by atoms with Crippen molar-refractivity contribution in [2.45, 2.75) is 40.2 Å². The fraction of sp³-hybridized carbons (Fsp3) is 0.391. The van der Waals surface area contributed by atoms with Crippen molar-refractivity contribution in [3.63, 3.8) is 0 Å². The van der Waals surface area contributed by atoms with E-state index in [2.05, 4.69) is 20.4 Å². The van der Waals surface area contributed by atoms with Crippen LogP contribution in [0.2, 0.25) is 0 Å². The lowest BCUT2D eigenvalue weighted by Gasteiger charge is -2.16. The molecule has 0 saturated heterocycles. The summed E-state index contributed by atoms with van der Waals surface area (Å²) in [5.74, 6) is 0.997. The SMILES string of the molecule is CCc1cc(-c2nc(-c3cc(C)c(OCC(O)CNC(=O)CO)c(C)c3)no2)cc(C)n1. The Bertz CT molecular complexity index is 1070. The van der Waals surface area contributed by atoms with Crippen molar-refractivity contribution in [2.24, 2.45) is 0 Å². The molecule has 1 unspecified atom stereocenters.